The highest BCUT2D eigenvalue weighted by molar-refractivity contribution is 5.48. The molecular formula is C17H16N4O2. The fourth-order valence-corrected chi connectivity index (χ4v) is 2.41. The summed E-state index contributed by atoms with van der Waals surface area (Å²) in [6.07, 6.45) is 5.43. The molecule has 3 aromatic rings. The van der Waals surface area contributed by atoms with Crippen LogP contribution >= 0.6 is 0 Å². The molecule has 0 saturated heterocycles. The van der Waals surface area contributed by atoms with Crippen molar-refractivity contribution in [2.45, 2.75) is 13.1 Å². The van der Waals surface area contributed by atoms with Crippen molar-refractivity contribution < 1.29 is 4.92 Å². The molecule has 0 saturated carbocycles. The molecule has 6 heteroatoms. The highest BCUT2D eigenvalue weighted by atomic mass is 16.6. The Bertz CT molecular complexity index is 800. The van der Waals surface area contributed by atoms with E-state index in [2.05, 4.69) is 10.3 Å². The summed E-state index contributed by atoms with van der Waals surface area (Å²) < 4.78 is 1.99. The van der Waals surface area contributed by atoms with Crippen molar-refractivity contribution in [2.75, 3.05) is 5.32 Å². The summed E-state index contributed by atoms with van der Waals surface area (Å²) in [5.74, 6) is 0. The van der Waals surface area contributed by atoms with Crippen LogP contribution in [0.2, 0.25) is 0 Å². The van der Waals surface area contributed by atoms with Crippen molar-refractivity contribution in [3.63, 3.8) is 0 Å². The fraction of sp³-hybridized carbons (Fsp3) is 0.118. The van der Waals surface area contributed by atoms with Gasteiger partial charge >= 0.3 is 0 Å². The van der Waals surface area contributed by atoms with E-state index in [9.17, 15) is 10.1 Å². The molecule has 116 valence electrons. The second-order valence-corrected chi connectivity index (χ2v) is 5.17. The number of anilines is 1. The molecular weight excluding hydrogens is 292 g/mol. The molecule has 23 heavy (non-hydrogen) atoms. The van der Waals surface area contributed by atoms with Crippen LogP contribution in [0.15, 0.2) is 67.3 Å². The molecule has 0 aliphatic carbocycles. The van der Waals surface area contributed by atoms with E-state index in [1.54, 1.807) is 30.7 Å². The molecule has 2 aromatic carbocycles. The number of nitrogens with zero attached hydrogens (tertiary/aromatic N) is 3. The number of hydrogen-bond donors (Lipinski definition) is 1. The minimum absolute atomic E-state index is 0.134. The van der Waals surface area contributed by atoms with Crippen LogP contribution in [-0.4, -0.2) is 14.5 Å². The van der Waals surface area contributed by atoms with Crippen LogP contribution in [0.5, 0.6) is 0 Å². The van der Waals surface area contributed by atoms with Gasteiger partial charge in [-0.15, -0.1) is 0 Å². The summed E-state index contributed by atoms with van der Waals surface area (Å²) in [6.45, 7) is 1.15. The molecule has 0 unspecified atom stereocenters. The molecule has 0 bridgehead atoms. The number of hydrogen-bond acceptors (Lipinski definition) is 4. The number of nitro benzene ring substituents is 1. The lowest BCUT2D eigenvalue weighted by atomic mass is 10.1. The largest absolute Gasteiger partial charge is 0.381 e. The first-order valence-electron chi connectivity index (χ1n) is 7.23. The van der Waals surface area contributed by atoms with Crippen LogP contribution in [0, 0.1) is 10.1 Å². The number of nitro groups is 1. The summed E-state index contributed by atoms with van der Waals surface area (Å²) in [5.41, 5.74) is 2.86. The number of para-hydroxylation sites is 1. The Hall–Kier alpha value is -3.15. The van der Waals surface area contributed by atoms with Crippen molar-refractivity contribution in [1.29, 1.82) is 0 Å². The number of benzene rings is 2. The van der Waals surface area contributed by atoms with Gasteiger partial charge < -0.3 is 9.88 Å². The molecule has 1 N–H and O–H groups in total. The second kappa shape index (κ2) is 6.74. The van der Waals surface area contributed by atoms with Crippen molar-refractivity contribution in [2.24, 2.45) is 0 Å². The van der Waals surface area contributed by atoms with Crippen molar-refractivity contribution in [1.82, 2.24) is 9.55 Å². The molecule has 0 aliphatic heterocycles. The van der Waals surface area contributed by atoms with Gasteiger partial charge in [0.05, 0.1) is 11.3 Å². The van der Waals surface area contributed by atoms with Gasteiger partial charge in [0, 0.05) is 42.8 Å². The van der Waals surface area contributed by atoms with Crippen LogP contribution in [0.3, 0.4) is 0 Å². The van der Waals surface area contributed by atoms with E-state index in [1.165, 1.54) is 6.07 Å². The van der Waals surface area contributed by atoms with Crippen LogP contribution in [0.1, 0.15) is 11.1 Å². The standard InChI is InChI=1S/C17H16N4O2/c22-21(23)17-7-2-1-5-15(17)11-19-16-6-3-4-14(10-16)12-20-9-8-18-13-20/h1-10,13,19H,11-12H2. The Morgan fingerprint density at radius 3 is 2.83 bits per heavy atom. The highest BCUT2D eigenvalue weighted by Gasteiger charge is 2.11. The van der Waals surface area contributed by atoms with E-state index in [4.69, 9.17) is 0 Å². The zero-order chi connectivity index (χ0) is 16.1. The van der Waals surface area contributed by atoms with E-state index in [1.807, 2.05) is 35.0 Å². The molecule has 3 rings (SSSR count). The van der Waals surface area contributed by atoms with Crippen LogP contribution in [0.25, 0.3) is 0 Å². The molecule has 0 amide bonds. The minimum Gasteiger partial charge on any atom is -0.381 e. The maximum absolute atomic E-state index is 11.0. The maximum Gasteiger partial charge on any atom is 0.274 e. The maximum atomic E-state index is 11.0. The zero-order valence-corrected chi connectivity index (χ0v) is 12.4. The molecule has 0 aliphatic rings. The Kier molecular flexibility index (Phi) is 4.33. The van der Waals surface area contributed by atoms with E-state index >= 15 is 0 Å². The van der Waals surface area contributed by atoms with Crippen LogP contribution in [-0.2, 0) is 13.1 Å². The first kappa shape index (κ1) is 14.8. The van der Waals surface area contributed by atoms with Gasteiger partial charge in [0.25, 0.3) is 5.69 Å². The Labute approximate surface area is 133 Å². The number of nitrogens with one attached hydrogen (secondary N) is 1. The predicted molar refractivity (Wildman–Crippen MR) is 88.2 cm³/mol. The lowest BCUT2D eigenvalue weighted by Gasteiger charge is -2.09. The molecule has 0 atom stereocenters. The third-order valence-corrected chi connectivity index (χ3v) is 3.52. The zero-order valence-electron chi connectivity index (χ0n) is 12.4. The average molecular weight is 308 g/mol. The van der Waals surface area contributed by atoms with E-state index < -0.39 is 0 Å². The van der Waals surface area contributed by atoms with Gasteiger partial charge in [0.15, 0.2) is 0 Å². The molecule has 0 radical (unpaired) electrons. The first-order chi connectivity index (χ1) is 11.2. The van der Waals surface area contributed by atoms with E-state index in [0.29, 0.717) is 12.1 Å². The second-order valence-electron chi connectivity index (χ2n) is 5.17. The smallest absolute Gasteiger partial charge is 0.274 e. The summed E-state index contributed by atoms with van der Waals surface area (Å²) in [7, 11) is 0. The third-order valence-electron chi connectivity index (χ3n) is 3.52. The first-order valence-corrected chi connectivity index (χ1v) is 7.23. The van der Waals surface area contributed by atoms with Gasteiger partial charge in [-0.05, 0) is 17.7 Å². The Balaban J connectivity index is 1.70. The lowest BCUT2D eigenvalue weighted by molar-refractivity contribution is -0.385. The van der Waals surface area contributed by atoms with Gasteiger partial charge in [0.2, 0.25) is 0 Å². The van der Waals surface area contributed by atoms with Gasteiger partial charge in [0.1, 0.15) is 0 Å². The van der Waals surface area contributed by atoms with Crippen LogP contribution in [0.4, 0.5) is 11.4 Å². The monoisotopic (exact) mass is 308 g/mol. The topological polar surface area (TPSA) is 73.0 Å². The normalized spacial score (nSPS) is 10.4. The Morgan fingerprint density at radius 1 is 1.17 bits per heavy atom. The quantitative estimate of drug-likeness (QED) is 0.559. The fourth-order valence-electron chi connectivity index (χ4n) is 2.41. The van der Waals surface area contributed by atoms with Crippen molar-refractivity contribution in [3.05, 3.63) is 88.5 Å². The predicted octanol–water partition coefficient (Wildman–Crippen LogP) is 3.45. The number of rotatable bonds is 6. The van der Waals surface area contributed by atoms with E-state index in [0.717, 1.165) is 17.8 Å². The minimum atomic E-state index is -0.355. The molecule has 0 fully saturated rings. The summed E-state index contributed by atoms with van der Waals surface area (Å²) >= 11 is 0. The number of aromatic nitrogens is 2. The lowest BCUT2D eigenvalue weighted by Crippen LogP contribution is -2.04. The molecule has 0 spiro atoms. The van der Waals surface area contributed by atoms with Gasteiger partial charge in [-0.2, -0.15) is 0 Å². The molecule has 1 heterocycles. The van der Waals surface area contributed by atoms with Gasteiger partial charge in [-0.1, -0.05) is 30.3 Å². The van der Waals surface area contributed by atoms with Crippen molar-refractivity contribution >= 4 is 11.4 Å². The van der Waals surface area contributed by atoms with Crippen LogP contribution < -0.4 is 5.32 Å². The molecule has 1 aromatic heterocycles. The van der Waals surface area contributed by atoms with Gasteiger partial charge in [-0.3, -0.25) is 10.1 Å². The molecule has 6 nitrogen and oxygen atoms in total. The summed E-state index contributed by atoms with van der Waals surface area (Å²) in [5, 5.41) is 14.3. The summed E-state index contributed by atoms with van der Waals surface area (Å²) in [6, 6.07) is 14.8. The number of imidazole rings is 1. The third kappa shape index (κ3) is 3.74. The Morgan fingerprint density at radius 2 is 2.04 bits per heavy atom. The highest BCUT2D eigenvalue weighted by Crippen LogP contribution is 2.20. The van der Waals surface area contributed by atoms with Crippen molar-refractivity contribution in [3.8, 4) is 0 Å². The average Bonchev–Trinajstić information content (AvgIpc) is 3.06. The SMILES string of the molecule is O=[N+]([O-])c1ccccc1CNc1cccc(Cn2ccnc2)c1. The van der Waals surface area contributed by atoms with E-state index in [-0.39, 0.29) is 10.6 Å². The van der Waals surface area contributed by atoms with Gasteiger partial charge in [-0.25, -0.2) is 4.98 Å². The summed E-state index contributed by atoms with van der Waals surface area (Å²) in [4.78, 5) is 14.7.